The topological polar surface area (TPSA) is 68.4 Å². The Morgan fingerprint density at radius 2 is 2.04 bits per heavy atom. The van der Waals surface area contributed by atoms with Gasteiger partial charge in [-0.25, -0.2) is 4.98 Å². The van der Waals surface area contributed by atoms with Crippen LogP contribution in [-0.2, 0) is 38.3 Å². The number of ether oxygens (including phenoxy) is 1. The number of carbonyl (C=O) groups excluding carboxylic acids is 1. The van der Waals surface area contributed by atoms with Crippen molar-refractivity contribution in [1.82, 2.24) is 29.1 Å². The Hall–Kier alpha value is -2.19. The molecule has 0 N–H and O–H groups in total. The summed E-state index contributed by atoms with van der Waals surface area (Å²) >= 11 is 0. The van der Waals surface area contributed by atoms with Gasteiger partial charge in [0.15, 0.2) is 5.82 Å². The van der Waals surface area contributed by atoms with E-state index >= 15 is 0 Å². The van der Waals surface area contributed by atoms with Crippen molar-refractivity contribution in [3.05, 3.63) is 35.2 Å². The summed E-state index contributed by atoms with van der Waals surface area (Å²) in [6.45, 7) is 5.54. The number of amides is 1. The maximum atomic E-state index is 12.8. The van der Waals surface area contributed by atoms with Gasteiger partial charge in [-0.1, -0.05) is 0 Å². The van der Waals surface area contributed by atoms with Gasteiger partial charge in [0.2, 0.25) is 0 Å². The van der Waals surface area contributed by atoms with Gasteiger partial charge in [-0.2, -0.15) is 5.10 Å². The number of aryl methyl sites for hydroxylation is 2. The third kappa shape index (κ3) is 3.07. The van der Waals surface area contributed by atoms with Crippen LogP contribution in [0.3, 0.4) is 0 Å². The minimum atomic E-state index is -0.0145. The molecule has 0 atom stereocenters. The molecule has 2 aromatic rings. The molecule has 134 valence electrons. The van der Waals surface area contributed by atoms with E-state index in [1.54, 1.807) is 17.0 Å². The van der Waals surface area contributed by atoms with Crippen molar-refractivity contribution in [2.24, 2.45) is 14.1 Å². The molecule has 0 unspecified atom stereocenters. The number of morpholine rings is 1. The Labute approximate surface area is 147 Å². The Morgan fingerprint density at radius 1 is 1.24 bits per heavy atom. The average Bonchev–Trinajstić information content (AvgIpc) is 3.19. The highest BCUT2D eigenvalue weighted by molar-refractivity contribution is 5.91. The quantitative estimate of drug-likeness (QED) is 0.795. The maximum absolute atomic E-state index is 12.8. The summed E-state index contributed by atoms with van der Waals surface area (Å²) in [5.74, 6) is 0.474. The van der Waals surface area contributed by atoms with E-state index in [1.165, 1.54) is 11.3 Å². The van der Waals surface area contributed by atoms with Crippen molar-refractivity contribution in [2.45, 2.75) is 19.5 Å². The van der Waals surface area contributed by atoms with Gasteiger partial charge in [-0.3, -0.25) is 14.4 Å². The molecular formula is C17H24N6O2. The monoisotopic (exact) mass is 344 g/mol. The molecule has 8 heteroatoms. The smallest absolute Gasteiger partial charge is 0.290 e. The summed E-state index contributed by atoms with van der Waals surface area (Å²) in [6, 6.07) is 0. The lowest BCUT2D eigenvalue weighted by Crippen LogP contribution is -2.38. The fraction of sp³-hybridized carbons (Fsp3) is 0.588. The standard InChI is InChI=1S/C17H24N6O2/c1-20-6-4-18-16(20)17(24)23-5-3-15-13(11-23)14(19-21(15)2)12-22-7-9-25-10-8-22/h4,6H,3,5,7-12H2,1-2H3. The van der Waals surface area contributed by atoms with E-state index in [0.29, 0.717) is 18.9 Å². The second-order valence-electron chi connectivity index (χ2n) is 6.72. The molecule has 0 spiro atoms. The van der Waals surface area contributed by atoms with Gasteiger partial charge in [0, 0.05) is 76.9 Å². The van der Waals surface area contributed by atoms with Crippen LogP contribution in [0.15, 0.2) is 12.4 Å². The van der Waals surface area contributed by atoms with E-state index in [1.807, 2.05) is 23.7 Å². The Morgan fingerprint density at radius 3 is 2.76 bits per heavy atom. The highest BCUT2D eigenvalue weighted by atomic mass is 16.5. The van der Waals surface area contributed by atoms with Gasteiger partial charge in [-0.05, 0) is 0 Å². The van der Waals surface area contributed by atoms with E-state index < -0.39 is 0 Å². The second kappa shape index (κ2) is 6.61. The van der Waals surface area contributed by atoms with Crippen LogP contribution in [0.2, 0.25) is 0 Å². The zero-order chi connectivity index (χ0) is 17.4. The largest absolute Gasteiger partial charge is 0.379 e. The summed E-state index contributed by atoms with van der Waals surface area (Å²) in [5.41, 5.74) is 3.52. The average molecular weight is 344 g/mol. The number of carbonyl (C=O) groups is 1. The normalized spacial score (nSPS) is 18.4. The van der Waals surface area contributed by atoms with E-state index in [9.17, 15) is 4.79 Å². The van der Waals surface area contributed by atoms with E-state index in [2.05, 4.69) is 9.88 Å². The molecule has 1 amide bonds. The first-order valence-electron chi connectivity index (χ1n) is 8.74. The summed E-state index contributed by atoms with van der Waals surface area (Å²) in [4.78, 5) is 21.2. The zero-order valence-electron chi connectivity index (χ0n) is 14.8. The molecule has 1 saturated heterocycles. The number of fused-ring (bicyclic) bond motifs is 1. The number of aromatic nitrogens is 4. The van der Waals surface area contributed by atoms with Crippen LogP contribution in [0.25, 0.3) is 0 Å². The fourth-order valence-corrected chi connectivity index (χ4v) is 3.65. The third-order valence-corrected chi connectivity index (χ3v) is 5.10. The van der Waals surface area contributed by atoms with Crippen molar-refractivity contribution >= 4 is 5.91 Å². The van der Waals surface area contributed by atoms with Gasteiger partial charge in [0.05, 0.1) is 18.9 Å². The molecule has 4 rings (SSSR count). The number of nitrogens with zero attached hydrogens (tertiary/aromatic N) is 6. The summed E-state index contributed by atoms with van der Waals surface area (Å²) < 4.78 is 9.18. The molecule has 0 aromatic carbocycles. The number of imidazole rings is 1. The SMILES string of the molecule is Cn1ccnc1C(=O)N1CCc2c(c(CN3CCOCC3)nn2C)C1. The van der Waals surface area contributed by atoms with Crippen LogP contribution >= 0.6 is 0 Å². The van der Waals surface area contributed by atoms with Gasteiger partial charge in [-0.15, -0.1) is 0 Å². The second-order valence-corrected chi connectivity index (χ2v) is 6.72. The van der Waals surface area contributed by atoms with Gasteiger partial charge >= 0.3 is 0 Å². The van der Waals surface area contributed by atoms with Crippen LogP contribution in [0.1, 0.15) is 27.6 Å². The van der Waals surface area contributed by atoms with E-state index in [-0.39, 0.29) is 5.91 Å². The molecule has 2 aliphatic rings. The minimum Gasteiger partial charge on any atom is -0.379 e. The molecule has 8 nitrogen and oxygen atoms in total. The zero-order valence-corrected chi connectivity index (χ0v) is 14.8. The summed E-state index contributed by atoms with van der Waals surface area (Å²) in [6.07, 6.45) is 4.30. The third-order valence-electron chi connectivity index (χ3n) is 5.10. The lowest BCUT2D eigenvalue weighted by molar-refractivity contribution is 0.0333. The number of rotatable bonds is 3. The number of hydrogen-bond acceptors (Lipinski definition) is 5. The molecule has 1 fully saturated rings. The lowest BCUT2D eigenvalue weighted by Gasteiger charge is -2.29. The predicted molar refractivity (Wildman–Crippen MR) is 91.0 cm³/mol. The van der Waals surface area contributed by atoms with Crippen LogP contribution < -0.4 is 0 Å². The van der Waals surface area contributed by atoms with Gasteiger partial charge in [0.1, 0.15) is 0 Å². The van der Waals surface area contributed by atoms with Crippen molar-refractivity contribution < 1.29 is 9.53 Å². The Balaban J connectivity index is 1.55. The predicted octanol–water partition coefficient (Wildman–Crippen LogP) is 0.184. The minimum absolute atomic E-state index is 0.0145. The summed E-state index contributed by atoms with van der Waals surface area (Å²) in [5, 5.41) is 4.74. The Bertz CT molecular complexity index is 774. The molecule has 2 aliphatic heterocycles. The van der Waals surface area contributed by atoms with E-state index in [0.717, 1.165) is 45.0 Å². The van der Waals surface area contributed by atoms with Gasteiger partial charge < -0.3 is 14.2 Å². The number of hydrogen-bond donors (Lipinski definition) is 0. The molecule has 0 radical (unpaired) electrons. The molecule has 0 bridgehead atoms. The van der Waals surface area contributed by atoms with Crippen LogP contribution in [0, 0.1) is 0 Å². The van der Waals surface area contributed by atoms with Crippen LogP contribution in [0.5, 0.6) is 0 Å². The highest BCUT2D eigenvalue weighted by Crippen LogP contribution is 2.24. The van der Waals surface area contributed by atoms with Crippen LogP contribution in [-0.4, -0.2) is 67.9 Å². The van der Waals surface area contributed by atoms with Crippen molar-refractivity contribution in [1.29, 1.82) is 0 Å². The lowest BCUT2D eigenvalue weighted by atomic mass is 10.0. The summed E-state index contributed by atoms with van der Waals surface area (Å²) in [7, 11) is 3.85. The van der Waals surface area contributed by atoms with Gasteiger partial charge in [0.25, 0.3) is 5.91 Å². The Kier molecular flexibility index (Phi) is 4.30. The first-order valence-corrected chi connectivity index (χ1v) is 8.74. The molecule has 2 aromatic heterocycles. The highest BCUT2D eigenvalue weighted by Gasteiger charge is 2.29. The molecule has 0 saturated carbocycles. The van der Waals surface area contributed by atoms with Crippen molar-refractivity contribution in [2.75, 3.05) is 32.8 Å². The fourth-order valence-electron chi connectivity index (χ4n) is 3.65. The molecule has 25 heavy (non-hydrogen) atoms. The first-order chi connectivity index (χ1) is 12.1. The van der Waals surface area contributed by atoms with E-state index in [4.69, 9.17) is 9.84 Å². The van der Waals surface area contributed by atoms with Crippen LogP contribution in [0.4, 0.5) is 0 Å². The van der Waals surface area contributed by atoms with Crippen molar-refractivity contribution in [3.63, 3.8) is 0 Å². The first kappa shape index (κ1) is 16.3. The molecule has 4 heterocycles. The molecule has 0 aliphatic carbocycles. The molecular weight excluding hydrogens is 320 g/mol. The maximum Gasteiger partial charge on any atom is 0.290 e. The van der Waals surface area contributed by atoms with Crippen molar-refractivity contribution in [3.8, 4) is 0 Å².